The maximum absolute atomic E-state index is 12.6. The maximum atomic E-state index is 12.6. The molecule has 2 heterocycles. The number of nitrogens with zero attached hydrogens (tertiary/aromatic N) is 2. The second kappa shape index (κ2) is 4.56. The van der Waals surface area contributed by atoms with Crippen molar-refractivity contribution in [3.63, 3.8) is 0 Å². The van der Waals surface area contributed by atoms with Gasteiger partial charge in [0, 0.05) is 29.7 Å². The third-order valence-corrected chi connectivity index (χ3v) is 2.33. The van der Waals surface area contributed by atoms with E-state index in [-0.39, 0.29) is 11.3 Å². The smallest absolute Gasteiger partial charge is 0.296 e. The van der Waals surface area contributed by atoms with Crippen LogP contribution in [-0.4, -0.2) is 16.3 Å². The highest BCUT2D eigenvalue weighted by atomic mass is 19.4. The van der Waals surface area contributed by atoms with Crippen LogP contribution in [0.2, 0.25) is 0 Å². The Morgan fingerprint density at radius 1 is 1.22 bits per heavy atom. The topological polar surface area (TPSA) is 42.9 Å². The van der Waals surface area contributed by atoms with Crippen molar-refractivity contribution in [1.82, 2.24) is 9.97 Å². The molecular formula is C12H7F3N2O. The molecule has 0 N–H and O–H groups in total. The van der Waals surface area contributed by atoms with Crippen LogP contribution in [0.3, 0.4) is 0 Å². The van der Waals surface area contributed by atoms with Gasteiger partial charge in [-0.1, -0.05) is 6.07 Å². The Labute approximate surface area is 100 Å². The van der Waals surface area contributed by atoms with E-state index in [0.29, 0.717) is 18.0 Å². The monoisotopic (exact) mass is 252 g/mol. The number of carbonyl (C=O) groups excluding carboxylic acids is 1. The van der Waals surface area contributed by atoms with Gasteiger partial charge in [-0.15, -0.1) is 0 Å². The summed E-state index contributed by atoms with van der Waals surface area (Å²) in [6.45, 7) is 0. The zero-order valence-corrected chi connectivity index (χ0v) is 8.98. The maximum Gasteiger partial charge on any atom is 0.417 e. The lowest BCUT2D eigenvalue weighted by Gasteiger charge is -2.09. The van der Waals surface area contributed by atoms with Crippen molar-refractivity contribution in [2.24, 2.45) is 0 Å². The molecule has 0 fully saturated rings. The minimum absolute atomic E-state index is 0.0454. The van der Waals surface area contributed by atoms with Gasteiger partial charge < -0.3 is 0 Å². The molecule has 0 amide bonds. The summed E-state index contributed by atoms with van der Waals surface area (Å²) in [5, 5.41) is 0. The minimum Gasteiger partial charge on any atom is -0.296 e. The molecule has 0 aliphatic carbocycles. The quantitative estimate of drug-likeness (QED) is 0.771. The molecule has 2 aromatic heterocycles. The summed E-state index contributed by atoms with van der Waals surface area (Å²) in [6.07, 6.45) is -0.563. The van der Waals surface area contributed by atoms with Crippen molar-refractivity contribution in [2.45, 2.75) is 6.18 Å². The van der Waals surface area contributed by atoms with E-state index in [0.717, 1.165) is 6.07 Å². The number of rotatable bonds is 2. The fourth-order valence-electron chi connectivity index (χ4n) is 1.48. The van der Waals surface area contributed by atoms with Gasteiger partial charge >= 0.3 is 6.18 Å². The third-order valence-electron chi connectivity index (χ3n) is 2.33. The van der Waals surface area contributed by atoms with Crippen LogP contribution in [0.15, 0.2) is 36.8 Å². The van der Waals surface area contributed by atoms with E-state index >= 15 is 0 Å². The van der Waals surface area contributed by atoms with Crippen molar-refractivity contribution >= 4 is 6.29 Å². The number of halogens is 3. The Kier molecular flexibility index (Phi) is 3.10. The van der Waals surface area contributed by atoms with Gasteiger partial charge in [0.15, 0.2) is 6.29 Å². The van der Waals surface area contributed by atoms with Crippen LogP contribution in [0.4, 0.5) is 13.2 Å². The van der Waals surface area contributed by atoms with Crippen LogP contribution in [0.1, 0.15) is 16.1 Å². The van der Waals surface area contributed by atoms with Gasteiger partial charge in [-0.25, -0.2) is 0 Å². The fraction of sp³-hybridized carbons (Fsp3) is 0.0833. The molecule has 0 aromatic carbocycles. The Morgan fingerprint density at radius 3 is 2.56 bits per heavy atom. The van der Waals surface area contributed by atoms with Gasteiger partial charge in [0.1, 0.15) is 5.69 Å². The molecule has 0 atom stereocenters. The molecule has 2 rings (SSSR count). The third kappa shape index (κ3) is 2.37. The van der Waals surface area contributed by atoms with Crippen molar-refractivity contribution in [3.05, 3.63) is 48.0 Å². The first-order valence-electron chi connectivity index (χ1n) is 4.95. The van der Waals surface area contributed by atoms with Gasteiger partial charge in [0.25, 0.3) is 0 Å². The van der Waals surface area contributed by atoms with Crippen LogP contribution >= 0.6 is 0 Å². The van der Waals surface area contributed by atoms with Crippen LogP contribution < -0.4 is 0 Å². The minimum atomic E-state index is -4.49. The van der Waals surface area contributed by atoms with Gasteiger partial charge in [-0.05, 0) is 12.1 Å². The number of pyridine rings is 2. The number of aldehydes is 1. The predicted octanol–water partition coefficient (Wildman–Crippen LogP) is 2.97. The van der Waals surface area contributed by atoms with Crippen molar-refractivity contribution in [3.8, 4) is 11.1 Å². The van der Waals surface area contributed by atoms with Crippen LogP contribution in [0.25, 0.3) is 11.1 Å². The van der Waals surface area contributed by atoms with Crippen molar-refractivity contribution in [1.29, 1.82) is 0 Å². The van der Waals surface area contributed by atoms with E-state index in [4.69, 9.17) is 0 Å². The van der Waals surface area contributed by atoms with Gasteiger partial charge in [0.2, 0.25) is 0 Å². The summed E-state index contributed by atoms with van der Waals surface area (Å²) in [7, 11) is 0. The standard InChI is InChI=1S/C12H7F3N2O/c13-12(14,15)9-4-10(11(7-18)17-6-9)8-2-1-3-16-5-8/h1-7H. The molecule has 18 heavy (non-hydrogen) atoms. The van der Waals surface area contributed by atoms with E-state index in [1.807, 2.05) is 0 Å². The first-order chi connectivity index (χ1) is 8.52. The molecule has 2 aromatic rings. The normalized spacial score (nSPS) is 11.3. The molecule has 0 bridgehead atoms. The SMILES string of the molecule is O=Cc1ncc(C(F)(F)F)cc1-c1cccnc1. The van der Waals surface area contributed by atoms with Crippen LogP contribution in [0, 0.1) is 0 Å². The van der Waals surface area contributed by atoms with E-state index in [2.05, 4.69) is 9.97 Å². The lowest BCUT2D eigenvalue weighted by atomic mass is 10.0. The highest BCUT2D eigenvalue weighted by Crippen LogP contribution is 2.32. The van der Waals surface area contributed by atoms with E-state index in [9.17, 15) is 18.0 Å². The Bertz CT molecular complexity index is 567. The van der Waals surface area contributed by atoms with Gasteiger partial charge in [0.05, 0.1) is 5.56 Å². The molecule has 0 aliphatic heterocycles. The molecule has 0 unspecified atom stereocenters. The molecule has 0 saturated carbocycles. The Morgan fingerprint density at radius 2 is 2.00 bits per heavy atom. The first kappa shape index (κ1) is 12.2. The van der Waals surface area contributed by atoms with Gasteiger partial charge in [-0.3, -0.25) is 14.8 Å². The predicted molar refractivity (Wildman–Crippen MR) is 57.9 cm³/mol. The lowest BCUT2D eigenvalue weighted by Crippen LogP contribution is -2.07. The number of alkyl halides is 3. The molecule has 0 aliphatic rings. The first-order valence-corrected chi connectivity index (χ1v) is 4.95. The molecule has 0 saturated heterocycles. The number of hydrogen-bond donors (Lipinski definition) is 0. The summed E-state index contributed by atoms with van der Waals surface area (Å²) in [6, 6.07) is 4.04. The number of aromatic nitrogens is 2. The average molecular weight is 252 g/mol. The molecule has 92 valence electrons. The number of carbonyl (C=O) groups is 1. The average Bonchev–Trinajstić information content (AvgIpc) is 2.38. The molecular weight excluding hydrogens is 245 g/mol. The number of hydrogen-bond acceptors (Lipinski definition) is 3. The summed E-state index contributed by atoms with van der Waals surface area (Å²) in [4.78, 5) is 18.1. The van der Waals surface area contributed by atoms with Crippen molar-refractivity contribution in [2.75, 3.05) is 0 Å². The van der Waals surface area contributed by atoms with Crippen LogP contribution in [0.5, 0.6) is 0 Å². The fourth-order valence-corrected chi connectivity index (χ4v) is 1.48. The highest BCUT2D eigenvalue weighted by Gasteiger charge is 2.31. The molecule has 6 heteroatoms. The van der Waals surface area contributed by atoms with E-state index in [1.54, 1.807) is 12.1 Å². The zero-order valence-electron chi connectivity index (χ0n) is 8.98. The van der Waals surface area contributed by atoms with Gasteiger partial charge in [-0.2, -0.15) is 13.2 Å². The lowest BCUT2D eigenvalue weighted by molar-refractivity contribution is -0.137. The Balaban J connectivity index is 2.61. The highest BCUT2D eigenvalue weighted by molar-refractivity contribution is 5.85. The summed E-state index contributed by atoms with van der Waals surface area (Å²) in [5.41, 5.74) is -0.408. The largest absolute Gasteiger partial charge is 0.417 e. The van der Waals surface area contributed by atoms with Crippen molar-refractivity contribution < 1.29 is 18.0 Å². The van der Waals surface area contributed by atoms with Crippen LogP contribution in [-0.2, 0) is 6.18 Å². The molecule has 0 radical (unpaired) electrons. The van der Waals surface area contributed by atoms with E-state index in [1.165, 1.54) is 12.4 Å². The summed E-state index contributed by atoms with van der Waals surface area (Å²) in [5.74, 6) is 0. The molecule has 0 spiro atoms. The molecule has 3 nitrogen and oxygen atoms in total. The Hall–Kier alpha value is -2.24. The second-order valence-corrected chi connectivity index (χ2v) is 3.51. The summed E-state index contributed by atoms with van der Waals surface area (Å²) < 4.78 is 37.7. The van der Waals surface area contributed by atoms with E-state index < -0.39 is 11.7 Å². The second-order valence-electron chi connectivity index (χ2n) is 3.51. The zero-order chi connectivity index (χ0) is 13.2. The summed E-state index contributed by atoms with van der Waals surface area (Å²) >= 11 is 0.